The van der Waals surface area contributed by atoms with Crippen LogP contribution in [0, 0.1) is 0 Å². The number of carbonyl (C=O) groups is 1. The van der Waals surface area contributed by atoms with Gasteiger partial charge in [0.15, 0.2) is 0 Å². The van der Waals surface area contributed by atoms with E-state index in [2.05, 4.69) is 11.6 Å². The highest BCUT2D eigenvalue weighted by Crippen LogP contribution is 2.05. The number of ketones is 1. The topological polar surface area (TPSA) is 50.2 Å². The van der Waals surface area contributed by atoms with Crippen LogP contribution in [0.3, 0.4) is 0 Å². The highest BCUT2D eigenvalue weighted by atomic mass is 16.3. The van der Waals surface area contributed by atoms with Gasteiger partial charge in [0.2, 0.25) is 0 Å². The van der Waals surface area contributed by atoms with Gasteiger partial charge in [-0.15, -0.1) is 0 Å². The molecular weight excluding hydrogens is 178 g/mol. The predicted octanol–water partition coefficient (Wildman–Crippen LogP) is 1.83. The third-order valence-electron chi connectivity index (χ3n) is 1.72. The standard InChI is InChI=1S/C11H13NO2/c1-8(13)5-10-3-4-11(12-7-10)6-9(2)14/h3-4,7,13H,1,5-6H2,2H3. The minimum Gasteiger partial charge on any atom is -0.513 e. The number of aromatic nitrogens is 1. The number of allylic oxidation sites excluding steroid dienone is 1. The van der Waals surface area contributed by atoms with E-state index in [9.17, 15) is 4.79 Å². The van der Waals surface area contributed by atoms with E-state index >= 15 is 0 Å². The van der Waals surface area contributed by atoms with Gasteiger partial charge >= 0.3 is 0 Å². The van der Waals surface area contributed by atoms with Crippen molar-refractivity contribution >= 4 is 5.78 Å². The van der Waals surface area contributed by atoms with Crippen LogP contribution in [0.5, 0.6) is 0 Å². The second-order valence-electron chi connectivity index (χ2n) is 3.28. The Kier molecular flexibility index (Phi) is 3.40. The third-order valence-corrected chi connectivity index (χ3v) is 1.72. The average Bonchev–Trinajstić information content (AvgIpc) is 2.06. The first-order valence-electron chi connectivity index (χ1n) is 4.38. The largest absolute Gasteiger partial charge is 0.513 e. The molecule has 0 bridgehead atoms. The quantitative estimate of drug-likeness (QED) is 0.738. The lowest BCUT2D eigenvalue weighted by Crippen LogP contribution is -1.99. The number of rotatable bonds is 4. The predicted molar refractivity (Wildman–Crippen MR) is 54.1 cm³/mol. The third kappa shape index (κ3) is 3.39. The van der Waals surface area contributed by atoms with Crippen molar-refractivity contribution in [3.63, 3.8) is 0 Å². The zero-order chi connectivity index (χ0) is 10.6. The molecule has 1 rings (SSSR count). The molecule has 0 unspecified atom stereocenters. The van der Waals surface area contributed by atoms with E-state index in [0.29, 0.717) is 12.8 Å². The van der Waals surface area contributed by atoms with E-state index in [1.54, 1.807) is 12.3 Å². The van der Waals surface area contributed by atoms with E-state index in [0.717, 1.165) is 11.3 Å². The minimum atomic E-state index is 0.0943. The molecule has 1 heterocycles. The van der Waals surface area contributed by atoms with Gasteiger partial charge in [-0.2, -0.15) is 0 Å². The summed E-state index contributed by atoms with van der Waals surface area (Å²) in [5.74, 6) is 0.211. The molecule has 1 aromatic heterocycles. The molecule has 0 aliphatic carbocycles. The summed E-state index contributed by atoms with van der Waals surface area (Å²) >= 11 is 0. The highest BCUT2D eigenvalue weighted by Gasteiger charge is 2.00. The molecule has 1 aromatic rings. The van der Waals surface area contributed by atoms with E-state index in [-0.39, 0.29) is 11.5 Å². The SMILES string of the molecule is C=C(O)Cc1ccc(CC(C)=O)nc1. The molecule has 74 valence electrons. The molecule has 0 radical (unpaired) electrons. The zero-order valence-corrected chi connectivity index (χ0v) is 8.16. The van der Waals surface area contributed by atoms with E-state index < -0.39 is 0 Å². The summed E-state index contributed by atoms with van der Waals surface area (Å²) in [4.78, 5) is 14.9. The van der Waals surface area contributed by atoms with Gasteiger partial charge in [0.05, 0.1) is 5.76 Å². The molecule has 0 amide bonds. The molecular formula is C11H13NO2. The van der Waals surface area contributed by atoms with Crippen LogP contribution in [0.15, 0.2) is 30.7 Å². The number of hydrogen-bond donors (Lipinski definition) is 1. The fourth-order valence-electron chi connectivity index (χ4n) is 1.15. The molecule has 0 fully saturated rings. The summed E-state index contributed by atoms with van der Waals surface area (Å²) < 4.78 is 0. The van der Waals surface area contributed by atoms with Crippen molar-refractivity contribution in [2.24, 2.45) is 0 Å². The molecule has 0 aromatic carbocycles. The van der Waals surface area contributed by atoms with Gasteiger partial charge in [0, 0.05) is 24.7 Å². The van der Waals surface area contributed by atoms with Crippen LogP contribution in [-0.2, 0) is 17.6 Å². The molecule has 0 saturated heterocycles. The van der Waals surface area contributed by atoms with Crippen molar-refractivity contribution in [2.75, 3.05) is 0 Å². The normalized spacial score (nSPS) is 9.79. The molecule has 0 saturated carbocycles. The van der Waals surface area contributed by atoms with Crippen LogP contribution in [-0.4, -0.2) is 15.9 Å². The lowest BCUT2D eigenvalue weighted by Gasteiger charge is -2.00. The van der Waals surface area contributed by atoms with Gasteiger partial charge in [0.25, 0.3) is 0 Å². The van der Waals surface area contributed by atoms with E-state index in [4.69, 9.17) is 5.11 Å². The monoisotopic (exact) mass is 191 g/mol. The number of Topliss-reactive ketones (excluding diaryl/α,β-unsaturated/α-hetero) is 1. The maximum absolute atomic E-state index is 10.8. The van der Waals surface area contributed by atoms with Gasteiger partial charge in [-0.3, -0.25) is 9.78 Å². The smallest absolute Gasteiger partial charge is 0.135 e. The Hall–Kier alpha value is -1.64. The van der Waals surface area contributed by atoms with E-state index in [1.807, 2.05) is 6.07 Å². The van der Waals surface area contributed by atoms with Gasteiger partial charge < -0.3 is 5.11 Å². The fourth-order valence-corrected chi connectivity index (χ4v) is 1.15. The highest BCUT2D eigenvalue weighted by molar-refractivity contribution is 5.77. The Morgan fingerprint density at radius 1 is 1.50 bits per heavy atom. The number of pyridine rings is 1. The number of aliphatic hydroxyl groups excluding tert-OH is 1. The van der Waals surface area contributed by atoms with Crippen LogP contribution >= 0.6 is 0 Å². The van der Waals surface area contributed by atoms with Gasteiger partial charge in [-0.05, 0) is 18.6 Å². The minimum absolute atomic E-state index is 0.0943. The van der Waals surface area contributed by atoms with Crippen molar-refractivity contribution < 1.29 is 9.90 Å². The van der Waals surface area contributed by atoms with E-state index in [1.165, 1.54) is 6.92 Å². The van der Waals surface area contributed by atoms with Crippen LogP contribution in [0.4, 0.5) is 0 Å². The van der Waals surface area contributed by atoms with Crippen molar-refractivity contribution in [1.82, 2.24) is 4.98 Å². The molecule has 0 spiro atoms. The van der Waals surface area contributed by atoms with Gasteiger partial charge in [-0.1, -0.05) is 12.6 Å². The molecule has 0 aliphatic rings. The molecule has 0 atom stereocenters. The summed E-state index contributed by atoms with van der Waals surface area (Å²) in [6.07, 6.45) is 2.42. The first-order valence-corrected chi connectivity index (χ1v) is 4.38. The number of carbonyl (C=O) groups excluding carboxylic acids is 1. The Bertz CT molecular complexity index is 306. The van der Waals surface area contributed by atoms with Crippen molar-refractivity contribution in [2.45, 2.75) is 19.8 Å². The Labute approximate surface area is 83.1 Å². The zero-order valence-electron chi connectivity index (χ0n) is 8.16. The lowest BCUT2D eigenvalue weighted by molar-refractivity contribution is -0.116. The maximum Gasteiger partial charge on any atom is 0.135 e. The molecule has 1 N–H and O–H groups in total. The number of nitrogens with zero attached hydrogens (tertiary/aromatic N) is 1. The number of hydrogen-bond acceptors (Lipinski definition) is 3. The molecule has 3 nitrogen and oxygen atoms in total. The lowest BCUT2D eigenvalue weighted by atomic mass is 10.1. The number of aliphatic hydroxyl groups is 1. The summed E-state index contributed by atoms with van der Waals surface area (Å²) in [5, 5.41) is 8.94. The molecule has 3 heteroatoms. The van der Waals surface area contributed by atoms with Crippen LogP contribution in [0.2, 0.25) is 0 Å². The van der Waals surface area contributed by atoms with Crippen molar-refractivity contribution in [3.05, 3.63) is 41.9 Å². The average molecular weight is 191 g/mol. The molecule has 0 aliphatic heterocycles. The second kappa shape index (κ2) is 4.56. The fraction of sp³-hybridized carbons (Fsp3) is 0.273. The van der Waals surface area contributed by atoms with Crippen molar-refractivity contribution in [3.8, 4) is 0 Å². The maximum atomic E-state index is 10.8. The Morgan fingerprint density at radius 2 is 2.21 bits per heavy atom. The Balaban J connectivity index is 2.68. The summed E-state index contributed by atoms with van der Waals surface area (Å²) in [6, 6.07) is 3.63. The van der Waals surface area contributed by atoms with Crippen molar-refractivity contribution in [1.29, 1.82) is 0 Å². The van der Waals surface area contributed by atoms with Gasteiger partial charge in [-0.25, -0.2) is 0 Å². The first kappa shape index (κ1) is 10.4. The van der Waals surface area contributed by atoms with Crippen LogP contribution in [0.25, 0.3) is 0 Å². The van der Waals surface area contributed by atoms with Crippen LogP contribution in [0.1, 0.15) is 18.2 Å². The first-order chi connectivity index (χ1) is 6.58. The Morgan fingerprint density at radius 3 is 2.64 bits per heavy atom. The summed E-state index contributed by atoms with van der Waals surface area (Å²) in [7, 11) is 0. The summed E-state index contributed by atoms with van der Waals surface area (Å²) in [5.41, 5.74) is 1.65. The summed E-state index contributed by atoms with van der Waals surface area (Å²) in [6.45, 7) is 4.93. The van der Waals surface area contributed by atoms with Crippen LogP contribution < -0.4 is 0 Å². The van der Waals surface area contributed by atoms with Gasteiger partial charge in [0.1, 0.15) is 5.78 Å². The second-order valence-corrected chi connectivity index (χ2v) is 3.28. The molecule has 14 heavy (non-hydrogen) atoms.